The molecule has 1 aromatic carbocycles. The van der Waals surface area contributed by atoms with E-state index >= 15 is 0 Å². The number of phenols is 2. The number of para-hydroxylation sites is 1. The number of aromatic hydroxyl groups is 2. The van der Waals surface area contributed by atoms with Crippen molar-refractivity contribution >= 4 is 0 Å². The first-order valence-corrected chi connectivity index (χ1v) is 7.30. The van der Waals surface area contributed by atoms with E-state index in [-0.39, 0.29) is 23.9 Å². The highest BCUT2D eigenvalue weighted by atomic mass is 16.7. The molecule has 1 aliphatic rings. The first-order valence-electron chi connectivity index (χ1n) is 7.30. The molecule has 0 unspecified atom stereocenters. The Morgan fingerprint density at radius 2 is 2.00 bits per heavy atom. The molecule has 0 spiro atoms. The molecule has 0 aliphatic carbocycles. The van der Waals surface area contributed by atoms with E-state index in [1.54, 1.807) is 12.1 Å². The van der Waals surface area contributed by atoms with Crippen LogP contribution in [-0.2, 0) is 9.47 Å². The van der Waals surface area contributed by atoms with Gasteiger partial charge in [-0.3, -0.25) is 0 Å². The average Bonchev–Trinajstić information content (AvgIpc) is 2.50. The van der Waals surface area contributed by atoms with E-state index in [0.717, 1.165) is 0 Å². The van der Waals surface area contributed by atoms with Crippen molar-refractivity contribution in [3.8, 4) is 17.2 Å². The van der Waals surface area contributed by atoms with Crippen molar-refractivity contribution in [3.63, 3.8) is 0 Å². The van der Waals surface area contributed by atoms with Crippen molar-refractivity contribution in [2.45, 2.75) is 37.8 Å². The van der Waals surface area contributed by atoms with Gasteiger partial charge in [-0.05, 0) is 12.1 Å². The minimum atomic E-state index is -0.532. The van der Waals surface area contributed by atoms with Crippen LogP contribution in [0.4, 0.5) is 0 Å². The van der Waals surface area contributed by atoms with Crippen LogP contribution in [0.5, 0.6) is 17.2 Å². The van der Waals surface area contributed by atoms with Gasteiger partial charge in [-0.2, -0.15) is 0 Å². The third kappa shape index (κ3) is 4.74. The Bertz CT molecular complexity index is 465. The SMILES string of the molecule is OC[C@@H]1C[C@H](O)C[C@H](OCCCOc2cccc(O)c2O)O1. The first kappa shape index (κ1) is 16.8. The molecule has 1 aromatic rings. The van der Waals surface area contributed by atoms with Crippen LogP contribution in [0.25, 0.3) is 0 Å². The third-order valence-corrected chi connectivity index (χ3v) is 3.38. The Hall–Kier alpha value is -1.54. The van der Waals surface area contributed by atoms with E-state index in [1.807, 2.05) is 0 Å². The second kappa shape index (κ2) is 8.19. The molecule has 0 saturated carbocycles. The lowest BCUT2D eigenvalue weighted by molar-refractivity contribution is -0.222. The summed E-state index contributed by atoms with van der Waals surface area (Å²) < 4.78 is 16.3. The zero-order chi connectivity index (χ0) is 15.9. The normalized spacial score (nSPS) is 25.1. The topological polar surface area (TPSA) is 109 Å². The fraction of sp³-hybridized carbons (Fsp3) is 0.600. The second-order valence-corrected chi connectivity index (χ2v) is 5.19. The van der Waals surface area contributed by atoms with Gasteiger partial charge >= 0.3 is 0 Å². The molecule has 0 bridgehead atoms. The zero-order valence-electron chi connectivity index (χ0n) is 12.2. The summed E-state index contributed by atoms with van der Waals surface area (Å²) in [5.41, 5.74) is 0. The van der Waals surface area contributed by atoms with Crippen LogP contribution in [0.1, 0.15) is 19.3 Å². The number of hydrogen-bond donors (Lipinski definition) is 4. The molecule has 7 heteroatoms. The van der Waals surface area contributed by atoms with Gasteiger partial charge < -0.3 is 34.6 Å². The van der Waals surface area contributed by atoms with Crippen LogP contribution < -0.4 is 4.74 Å². The molecule has 2 rings (SSSR count). The maximum atomic E-state index is 9.64. The molecule has 0 radical (unpaired) electrons. The maximum absolute atomic E-state index is 9.64. The molecule has 22 heavy (non-hydrogen) atoms. The Kier molecular flexibility index (Phi) is 6.26. The van der Waals surface area contributed by atoms with Gasteiger partial charge in [0.25, 0.3) is 0 Å². The molecule has 1 saturated heterocycles. The van der Waals surface area contributed by atoms with E-state index in [9.17, 15) is 15.3 Å². The summed E-state index contributed by atoms with van der Waals surface area (Å²) in [6.45, 7) is 0.516. The molecule has 0 aromatic heterocycles. The van der Waals surface area contributed by atoms with Gasteiger partial charge in [0.05, 0.1) is 32.0 Å². The second-order valence-electron chi connectivity index (χ2n) is 5.19. The largest absolute Gasteiger partial charge is 0.504 e. The summed E-state index contributed by atoms with van der Waals surface area (Å²) in [6, 6.07) is 4.50. The van der Waals surface area contributed by atoms with E-state index in [4.69, 9.17) is 19.3 Å². The number of rotatable bonds is 7. The molecule has 7 nitrogen and oxygen atoms in total. The quantitative estimate of drug-likeness (QED) is 0.434. The van der Waals surface area contributed by atoms with Crippen molar-refractivity contribution in [1.82, 2.24) is 0 Å². The van der Waals surface area contributed by atoms with E-state index in [0.29, 0.717) is 32.5 Å². The van der Waals surface area contributed by atoms with Gasteiger partial charge in [-0.25, -0.2) is 0 Å². The summed E-state index contributed by atoms with van der Waals surface area (Å²) in [6.07, 6.45) is -0.115. The van der Waals surface area contributed by atoms with Crippen molar-refractivity contribution in [1.29, 1.82) is 0 Å². The van der Waals surface area contributed by atoms with Crippen LogP contribution >= 0.6 is 0 Å². The molecule has 1 aliphatic heterocycles. The lowest BCUT2D eigenvalue weighted by Gasteiger charge is -2.32. The molecular weight excluding hydrogens is 292 g/mol. The van der Waals surface area contributed by atoms with Gasteiger partial charge in [0.1, 0.15) is 0 Å². The van der Waals surface area contributed by atoms with Crippen LogP contribution in [0.15, 0.2) is 18.2 Å². The third-order valence-electron chi connectivity index (χ3n) is 3.38. The number of aliphatic hydroxyl groups is 2. The van der Waals surface area contributed by atoms with Crippen molar-refractivity contribution in [2.24, 2.45) is 0 Å². The molecule has 1 heterocycles. The zero-order valence-corrected chi connectivity index (χ0v) is 12.2. The van der Waals surface area contributed by atoms with Gasteiger partial charge in [-0.15, -0.1) is 0 Å². The lowest BCUT2D eigenvalue weighted by atomic mass is 10.1. The predicted octanol–water partition coefficient (Wildman–Crippen LogP) is 0.742. The van der Waals surface area contributed by atoms with Crippen LogP contribution in [0.3, 0.4) is 0 Å². The van der Waals surface area contributed by atoms with Crippen molar-refractivity contribution in [2.75, 3.05) is 19.8 Å². The molecular formula is C15H22O7. The summed E-state index contributed by atoms with van der Waals surface area (Å²) >= 11 is 0. The van der Waals surface area contributed by atoms with Gasteiger partial charge in [0.15, 0.2) is 17.8 Å². The first-order chi connectivity index (χ1) is 10.6. The van der Waals surface area contributed by atoms with Crippen LogP contribution in [-0.4, -0.2) is 58.7 Å². The van der Waals surface area contributed by atoms with Crippen molar-refractivity contribution in [3.05, 3.63) is 18.2 Å². The summed E-state index contributed by atoms with van der Waals surface area (Å²) in [5, 5.41) is 37.6. The maximum Gasteiger partial charge on any atom is 0.200 e. The fourth-order valence-electron chi connectivity index (χ4n) is 2.26. The Morgan fingerprint density at radius 3 is 2.77 bits per heavy atom. The highest BCUT2D eigenvalue weighted by Gasteiger charge is 2.28. The Balaban J connectivity index is 1.66. The molecule has 3 atom stereocenters. The van der Waals surface area contributed by atoms with Gasteiger partial charge in [-0.1, -0.05) is 6.07 Å². The van der Waals surface area contributed by atoms with Crippen LogP contribution in [0, 0.1) is 0 Å². The summed E-state index contributed by atoms with van der Waals surface area (Å²) in [4.78, 5) is 0. The number of phenolic OH excluding ortho intramolecular Hbond substituents is 2. The number of hydrogen-bond acceptors (Lipinski definition) is 7. The van der Waals surface area contributed by atoms with E-state index < -0.39 is 18.5 Å². The fourth-order valence-corrected chi connectivity index (χ4v) is 2.26. The van der Waals surface area contributed by atoms with Crippen LogP contribution in [0.2, 0.25) is 0 Å². The smallest absolute Gasteiger partial charge is 0.200 e. The highest BCUT2D eigenvalue weighted by Crippen LogP contribution is 2.34. The standard InChI is InChI=1S/C15H22O7/c16-9-11-7-10(17)8-14(22-11)21-6-2-5-20-13-4-1-3-12(18)15(13)19/h1,3-4,10-11,14,16-19H,2,5-9H2/t10-,11-,14+/m0/s1. The highest BCUT2D eigenvalue weighted by molar-refractivity contribution is 5.48. The monoisotopic (exact) mass is 314 g/mol. The number of aliphatic hydroxyl groups excluding tert-OH is 2. The lowest BCUT2D eigenvalue weighted by Crippen LogP contribution is -2.39. The van der Waals surface area contributed by atoms with Crippen molar-refractivity contribution < 1.29 is 34.6 Å². The molecule has 0 amide bonds. The Morgan fingerprint density at radius 1 is 1.18 bits per heavy atom. The number of benzene rings is 1. The summed E-state index contributed by atoms with van der Waals surface area (Å²) in [5.74, 6) is -0.300. The van der Waals surface area contributed by atoms with E-state index in [1.165, 1.54) is 6.07 Å². The molecule has 124 valence electrons. The Labute approximate surface area is 128 Å². The van der Waals surface area contributed by atoms with Gasteiger partial charge in [0, 0.05) is 19.3 Å². The minimum Gasteiger partial charge on any atom is -0.504 e. The molecule has 4 N–H and O–H groups in total. The van der Waals surface area contributed by atoms with Gasteiger partial charge in [0.2, 0.25) is 5.75 Å². The predicted molar refractivity (Wildman–Crippen MR) is 76.8 cm³/mol. The average molecular weight is 314 g/mol. The van der Waals surface area contributed by atoms with E-state index in [2.05, 4.69) is 0 Å². The molecule has 1 fully saturated rings. The minimum absolute atomic E-state index is 0.142. The summed E-state index contributed by atoms with van der Waals surface area (Å²) in [7, 11) is 0. The number of ether oxygens (including phenoxy) is 3.